The molecule has 0 N–H and O–H groups in total. The van der Waals surface area contributed by atoms with E-state index < -0.39 is 8.07 Å². The fourth-order valence-electron chi connectivity index (χ4n) is 0.975. The van der Waals surface area contributed by atoms with Crippen LogP contribution >= 0.6 is 11.8 Å². The largest absolute Gasteiger partial charge is 0.130 e. The Bertz CT molecular complexity index is 169. The van der Waals surface area contributed by atoms with Gasteiger partial charge in [0.05, 0.1) is 8.07 Å². The maximum Gasteiger partial charge on any atom is 0.0853 e. The van der Waals surface area contributed by atoms with E-state index in [1.54, 1.807) is 4.53 Å². The van der Waals surface area contributed by atoms with E-state index in [4.69, 9.17) is 0 Å². The van der Waals surface area contributed by atoms with Gasteiger partial charge in [-0.25, -0.2) is 0 Å². The number of allylic oxidation sites excluding steroid dienone is 1. The lowest BCUT2D eigenvalue weighted by Crippen LogP contribution is -2.25. The van der Waals surface area contributed by atoms with Crippen molar-refractivity contribution in [3.05, 3.63) is 10.6 Å². The van der Waals surface area contributed by atoms with Crippen LogP contribution in [0.3, 0.4) is 0 Å². The molecule has 0 heterocycles. The Morgan fingerprint density at radius 1 is 1.17 bits per heavy atom. The van der Waals surface area contributed by atoms with E-state index in [0.29, 0.717) is 4.75 Å². The van der Waals surface area contributed by atoms with Gasteiger partial charge in [0.1, 0.15) is 0 Å². The summed E-state index contributed by atoms with van der Waals surface area (Å²) < 4.78 is 1.98. The second kappa shape index (κ2) is 4.01. The molecular weight excluding hydrogens is 180 g/mol. The molecule has 0 unspecified atom stereocenters. The standard InChI is InChI=1S/C10H22SSi/c1-8-9(12(5,6)7)11-10(2,3)4/h8H,1-7H3/b9-8+. The highest BCUT2D eigenvalue weighted by molar-refractivity contribution is 8.06. The summed E-state index contributed by atoms with van der Waals surface area (Å²) in [4.78, 5) is 0. The summed E-state index contributed by atoms with van der Waals surface area (Å²) in [7, 11) is -1.07. The van der Waals surface area contributed by atoms with Gasteiger partial charge in [0, 0.05) is 4.75 Å². The highest BCUT2D eigenvalue weighted by Crippen LogP contribution is 2.36. The van der Waals surface area contributed by atoms with Gasteiger partial charge in [-0.2, -0.15) is 0 Å². The zero-order valence-electron chi connectivity index (χ0n) is 9.49. The fraction of sp³-hybridized carbons (Fsp3) is 0.800. The highest BCUT2D eigenvalue weighted by atomic mass is 32.2. The summed E-state index contributed by atoms with van der Waals surface area (Å²) in [6.07, 6.45) is 2.29. The molecule has 72 valence electrons. The number of hydrogen-bond donors (Lipinski definition) is 0. The molecule has 0 saturated heterocycles. The number of hydrogen-bond acceptors (Lipinski definition) is 1. The van der Waals surface area contributed by atoms with Crippen molar-refractivity contribution in [2.24, 2.45) is 0 Å². The SMILES string of the molecule is C/C=C(\SC(C)(C)C)[Si](C)(C)C. The minimum atomic E-state index is -1.07. The second-order valence-electron chi connectivity index (χ2n) is 5.12. The van der Waals surface area contributed by atoms with Crippen molar-refractivity contribution < 1.29 is 0 Å². The fourth-order valence-corrected chi connectivity index (χ4v) is 4.76. The van der Waals surface area contributed by atoms with Gasteiger partial charge in [-0.1, -0.05) is 46.5 Å². The minimum Gasteiger partial charge on any atom is -0.130 e. The third-order valence-corrected chi connectivity index (χ3v) is 6.40. The van der Waals surface area contributed by atoms with Gasteiger partial charge >= 0.3 is 0 Å². The molecular formula is C10H22SSi. The van der Waals surface area contributed by atoms with Gasteiger partial charge in [-0.05, 0) is 11.5 Å². The third-order valence-electron chi connectivity index (χ3n) is 1.42. The normalized spacial score (nSPS) is 15.1. The summed E-state index contributed by atoms with van der Waals surface area (Å²) in [6, 6.07) is 0. The Morgan fingerprint density at radius 2 is 1.58 bits per heavy atom. The maximum atomic E-state index is 2.40. The average molecular weight is 202 g/mol. The van der Waals surface area contributed by atoms with Crippen molar-refractivity contribution in [1.82, 2.24) is 0 Å². The van der Waals surface area contributed by atoms with Crippen LogP contribution in [0.15, 0.2) is 10.6 Å². The Labute approximate surface area is 82.8 Å². The van der Waals surface area contributed by atoms with E-state index >= 15 is 0 Å². The lowest BCUT2D eigenvalue weighted by molar-refractivity contribution is 0.807. The molecule has 0 nitrogen and oxygen atoms in total. The molecule has 0 aliphatic carbocycles. The van der Waals surface area contributed by atoms with E-state index in [-0.39, 0.29) is 0 Å². The molecule has 0 fully saturated rings. The summed E-state index contributed by atoms with van der Waals surface area (Å²) >= 11 is 2.03. The summed E-state index contributed by atoms with van der Waals surface area (Å²) in [6.45, 7) is 16.2. The number of rotatable bonds is 2. The van der Waals surface area contributed by atoms with Crippen LogP contribution in [0.4, 0.5) is 0 Å². The Balaban J connectivity index is 4.43. The molecule has 0 aromatic heterocycles. The molecule has 0 atom stereocenters. The van der Waals surface area contributed by atoms with Gasteiger partial charge < -0.3 is 0 Å². The predicted molar refractivity (Wildman–Crippen MR) is 64.4 cm³/mol. The van der Waals surface area contributed by atoms with Crippen LogP contribution in [-0.4, -0.2) is 12.8 Å². The lowest BCUT2D eigenvalue weighted by Gasteiger charge is -2.27. The second-order valence-corrected chi connectivity index (χ2v) is 12.4. The summed E-state index contributed by atoms with van der Waals surface area (Å²) in [5.41, 5.74) is 0. The average Bonchev–Trinajstić information content (AvgIpc) is 1.78. The molecule has 0 amide bonds. The topological polar surface area (TPSA) is 0 Å². The van der Waals surface area contributed by atoms with Crippen molar-refractivity contribution >= 4 is 19.8 Å². The van der Waals surface area contributed by atoms with Gasteiger partial charge in [0.2, 0.25) is 0 Å². The predicted octanol–water partition coefficient (Wildman–Crippen LogP) is 4.30. The van der Waals surface area contributed by atoms with Gasteiger partial charge in [-0.3, -0.25) is 0 Å². The first-order valence-corrected chi connectivity index (χ1v) is 8.84. The van der Waals surface area contributed by atoms with Crippen LogP contribution in [0, 0.1) is 0 Å². The van der Waals surface area contributed by atoms with Crippen LogP contribution in [0.25, 0.3) is 0 Å². The van der Waals surface area contributed by atoms with Gasteiger partial charge in [0.25, 0.3) is 0 Å². The van der Waals surface area contributed by atoms with Crippen molar-refractivity contribution in [1.29, 1.82) is 0 Å². The van der Waals surface area contributed by atoms with E-state index in [1.165, 1.54) is 0 Å². The zero-order valence-corrected chi connectivity index (χ0v) is 11.3. The quantitative estimate of drug-likeness (QED) is 0.602. The molecule has 0 spiro atoms. The summed E-state index contributed by atoms with van der Waals surface area (Å²) in [5.74, 6) is 0. The van der Waals surface area contributed by atoms with Gasteiger partial charge in [0.15, 0.2) is 0 Å². The highest BCUT2D eigenvalue weighted by Gasteiger charge is 2.24. The Morgan fingerprint density at radius 3 is 1.67 bits per heavy atom. The summed E-state index contributed by atoms with van der Waals surface area (Å²) in [5, 5.41) is 0. The van der Waals surface area contributed by atoms with E-state index in [1.807, 2.05) is 11.8 Å². The maximum absolute atomic E-state index is 2.40. The molecule has 2 heteroatoms. The molecule has 0 bridgehead atoms. The number of thioether (sulfide) groups is 1. The van der Waals surface area contributed by atoms with Crippen molar-refractivity contribution in [2.45, 2.75) is 52.1 Å². The first-order chi connectivity index (χ1) is 5.17. The monoisotopic (exact) mass is 202 g/mol. The lowest BCUT2D eigenvalue weighted by atomic mass is 10.3. The zero-order chi connectivity index (χ0) is 9.99. The van der Waals surface area contributed by atoms with E-state index in [9.17, 15) is 0 Å². The molecule has 0 saturated carbocycles. The van der Waals surface area contributed by atoms with Gasteiger partial charge in [-0.15, -0.1) is 11.8 Å². The van der Waals surface area contributed by atoms with Crippen LogP contribution in [0.1, 0.15) is 27.7 Å². The molecule has 0 rings (SSSR count). The first-order valence-electron chi connectivity index (χ1n) is 4.52. The molecule has 12 heavy (non-hydrogen) atoms. The first kappa shape index (κ1) is 12.3. The molecule has 0 aromatic carbocycles. The van der Waals surface area contributed by atoms with Crippen LogP contribution < -0.4 is 0 Å². The van der Waals surface area contributed by atoms with Crippen molar-refractivity contribution in [2.75, 3.05) is 0 Å². The van der Waals surface area contributed by atoms with E-state index in [2.05, 4.69) is 53.4 Å². The molecule has 0 radical (unpaired) electrons. The minimum absolute atomic E-state index is 0.363. The Kier molecular flexibility index (Phi) is 4.11. The van der Waals surface area contributed by atoms with Crippen LogP contribution in [0.5, 0.6) is 0 Å². The molecule has 0 aliphatic rings. The van der Waals surface area contributed by atoms with Crippen LogP contribution in [0.2, 0.25) is 19.6 Å². The smallest absolute Gasteiger partial charge is 0.0853 e. The van der Waals surface area contributed by atoms with Crippen LogP contribution in [-0.2, 0) is 0 Å². The van der Waals surface area contributed by atoms with Crippen molar-refractivity contribution in [3.63, 3.8) is 0 Å². The Hall–Kier alpha value is 0.307. The molecule has 0 aliphatic heterocycles. The van der Waals surface area contributed by atoms with Crippen molar-refractivity contribution in [3.8, 4) is 0 Å². The molecule has 0 aromatic rings. The third kappa shape index (κ3) is 5.04. The van der Waals surface area contributed by atoms with E-state index in [0.717, 1.165) is 0 Å².